The van der Waals surface area contributed by atoms with Crippen LogP contribution in [0.4, 0.5) is 18.9 Å². The van der Waals surface area contributed by atoms with E-state index in [1.165, 1.54) is 0 Å². The van der Waals surface area contributed by atoms with Crippen LogP contribution in [0.2, 0.25) is 0 Å². The molecule has 1 saturated heterocycles. The lowest BCUT2D eigenvalue weighted by Gasteiger charge is -2.40. The van der Waals surface area contributed by atoms with Crippen molar-refractivity contribution in [1.82, 2.24) is 14.7 Å². The predicted octanol–water partition coefficient (Wildman–Crippen LogP) is 2.68. The average molecular weight is 480 g/mol. The number of likely N-dealkylation sites (tertiary alicyclic amines) is 1. The minimum atomic E-state index is -5.07. The standard InChI is InChI=1S/C23H27F3N4O4/c1-22(33,23(24,25)26)21(32)29-11-15-5-6-16(12-29)19(15)20(31)28-17-9-27-30(13-17)10-14-3-7-18(34-2)8-4-14/h3-4,7-9,13,15-16,19,33H,5-6,10-12H2,1-2H3,(H,28,31)/t15-,16-,22?/m1/s1. The van der Waals surface area contributed by atoms with Crippen LogP contribution in [0.1, 0.15) is 25.3 Å². The Morgan fingerprint density at radius 3 is 2.35 bits per heavy atom. The number of carbonyl (C=O) groups is 2. The van der Waals surface area contributed by atoms with Gasteiger partial charge in [-0.3, -0.25) is 14.3 Å². The molecule has 2 aliphatic rings. The first-order valence-electron chi connectivity index (χ1n) is 11.0. The number of ether oxygens (including phenoxy) is 1. The van der Waals surface area contributed by atoms with Gasteiger partial charge in [0, 0.05) is 25.2 Å². The second-order valence-corrected chi connectivity index (χ2v) is 9.17. The summed E-state index contributed by atoms with van der Waals surface area (Å²) >= 11 is 0. The second-order valence-electron chi connectivity index (χ2n) is 9.17. The van der Waals surface area contributed by atoms with Crippen LogP contribution in [0.3, 0.4) is 0 Å². The molecule has 1 aliphatic heterocycles. The number of halogens is 3. The van der Waals surface area contributed by atoms with Crippen LogP contribution in [0, 0.1) is 17.8 Å². The molecule has 8 nitrogen and oxygen atoms in total. The summed E-state index contributed by atoms with van der Waals surface area (Å²) in [5.74, 6) is -1.78. The molecule has 0 spiro atoms. The van der Waals surface area contributed by atoms with E-state index < -0.39 is 23.6 Å². The van der Waals surface area contributed by atoms with Crippen molar-refractivity contribution in [2.45, 2.75) is 38.1 Å². The first kappa shape index (κ1) is 24.1. The normalized spacial score (nSPS) is 23.9. The van der Waals surface area contributed by atoms with Gasteiger partial charge in [0.15, 0.2) is 0 Å². The Morgan fingerprint density at radius 2 is 1.79 bits per heavy atom. The summed E-state index contributed by atoms with van der Waals surface area (Å²) in [6.07, 6.45) is -0.538. The number of piperidine rings is 1. The number of alkyl halides is 3. The first-order chi connectivity index (χ1) is 16.0. The Hall–Kier alpha value is -3.08. The Balaban J connectivity index is 1.37. The van der Waals surface area contributed by atoms with Gasteiger partial charge >= 0.3 is 6.18 Å². The molecule has 3 atom stereocenters. The topological polar surface area (TPSA) is 96.7 Å². The molecule has 1 unspecified atom stereocenters. The van der Waals surface area contributed by atoms with Crippen molar-refractivity contribution in [2.24, 2.45) is 17.8 Å². The molecular formula is C23H27F3N4O4. The molecule has 34 heavy (non-hydrogen) atoms. The average Bonchev–Trinajstić information content (AvgIpc) is 3.33. The number of hydrogen-bond acceptors (Lipinski definition) is 5. The van der Waals surface area contributed by atoms with Gasteiger partial charge in [-0.2, -0.15) is 18.3 Å². The summed E-state index contributed by atoms with van der Waals surface area (Å²) in [6.45, 7) is 0.997. The number of nitrogens with one attached hydrogen (secondary N) is 1. The van der Waals surface area contributed by atoms with Gasteiger partial charge in [-0.25, -0.2) is 0 Å². The van der Waals surface area contributed by atoms with Crippen molar-refractivity contribution in [3.05, 3.63) is 42.2 Å². The zero-order valence-electron chi connectivity index (χ0n) is 18.9. The number of nitrogens with zero attached hydrogens (tertiary/aromatic N) is 3. The highest BCUT2D eigenvalue weighted by Crippen LogP contribution is 2.44. The third kappa shape index (κ3) is 4.61. The van der Waals surface area contributed by atoms with Crippen molar-refractivity contribution in [1.29, 1.82) is 0 Å². The lowest BCUT2D eigenvalue weighted by Crippen LogP contribution is -2.59. The molecule has 2 N–H and O–H groups in total. The number of aromatic nitrogens is 2. The molecule has 2 amide bonds. The highest BCUT2D eigenvalue weighted by atomic mass is 19.4. The molecule has 1 aliphatic carbocycles. The van der Waals surface area contributed by atoms with E-state index in [-0.39, 0.29) is 30.8 Å². The number of anilines is 1. The lowest BCUT2D eigenvalue weighted by atomic mass is 9.83. The minimum absolute atomic E-state index is 0.0103. The van der Waals surface area contributed by atoms with E-state index in [2.05, 4.69) is 10.4 Å². The Bertz CT molecular complexity index is 1040. The summed E-state index contributed by atoms with van der Waals surface area (Å²) in [4.78, 5) is 26.4. The van der Waals surface area contributed by atoms with Crippen molar-refractivity contribution >= 4 is 17.5 Å². The molecule has 2 fully saturated rings. The molecule has 0 radical (unpaired) electrons. The third-order valence-electron chi connectivity index (χ3n) is 6.80. The van der Waals surface area contributed by atoms with Crippen LogP contribution in [0.15, 0.2) is 36.7 Å². The maximum atomic E-state index is 13.1. The van der Waals surface area contributed by atoms with Gasteiger partial charge < -0.3 is 20.1 Å². The number of fused-ring (bicyclic) bond motifs is 2. The maximum Gasteiger partial charge on any atom is 0.426 e. The Kier molecular flexibility index (Phi) is 6.32. The number of aliphatic hydroxyl groups is 1. The van der Waals surface area contributed by atoms with Crippen molar-refractivity contribution < 1.29 is 32.6 Å². The van der Waals surface area contributed by atoms with Gasteiger partial charge in [0.25, 0.3) is 5.91 Å². The largest absolute Gasteiger partial charge is 0.497 e. The lowest BCUT2D eigenvalue weighted by molar-refractivity contribution is -0.251. The fraction of sp³-hybridized carbons (Fsp3) is 0.522. The predicted molar refractivity (Wildman–Crippen MR) is 116 cm³/mol. The molecule has 184 valence electrons. The van der Waals surface area contributed by atoms with Crippen molar-refractivity contribution in [3.8, 4) is 5.75 Å². The van der Waals surface area contributed by atoms with Gasteiger partial charge in [-0.15, -0.1) is 0 Å². The highest BCUT2D eigenvalue weighted by molar-refractivity contribution is 5.93. The van der Waals surface area contributed by atoms with Crippen LogP contribution >= 0.6 is 0 Å². The number of methoxy groups -OCH3 is 1. The van der Waals surface area contributed by atoms with Crippen LogP contribution < -0.4 is 10.1 Å². The van der Waals surface area contributed by atoms with Crippen LogP contribution in [0.25, 0.3) is 0 Å². The minimum Gasteiger partial charge on any atom is -0.497 e. The highest BCUT2D eigenvalue weighted by Gasteiger charge is 2.59. The molecule has 1 saturated carbocycles. The monoisotopic (exact) mass is 480 g/mol. The van der Waals surface area contributed by atoms with Crippen molar-refractivity contribution in [3.63, 3.8) is 0 Å². The van der Waals surface area contributed by atoms with Gasteiger partial charge in [-0.05, 0) is 49.3 Å². The Morgan fingerprint density at radius 1 is 1.18 bits per heavy atom. The SMILES string of the molecule is COc1ccc(Cn2cc(NC(=O)C3[C@@H]4CC[C@@H]3CN(C(=O)C(C)(O)C(F)(F)F)C4)cn2)cc1. The molecular weight excluding hydrogens is 453 g/mol. The summed E-state index contributed by atoms with van der Waals surface area (Å²) in [5.41, 5.74) is -1.91. The van der Waals surface area contributed by atoms with Crippen LogP contribution in [-0.4, -0.2) is 63.6 Å². The van der Waals surface area contributed by atoms with Gasteiger partial charge in [-0.1, -0.05) is 12.1 Å². The number of amides is 2. The number of rotatable bonds is 6. The maximum absolute atomic E-state index is 13.1. The summed E-state index contributed by atoms with van der Waals surface area (Å²) in [6, 6.07) is 7.54. The fourth-order valence-electron chi connectivity index (χ4n) is 4.90. The fourth-order valence-corrected chi connectivity index (χ4v) is 4.90. The van der Waals surface area contributed by atoms with Gasteiger partial charge in [0.2, 0.25) is 11.5 Å². The summed E-state index contributed by atoms with van der Waals surface area (Å²) in [7, 11) is 1.59. The molecule has 2 heterocycles. The smallest absolute Gasteiger partial charge is 0.426 e. The Labute approximate surface area is 194 Å². The number of carbonyl (C=O) groups excluding carboxylic acids is 2. The molecule has 2 aromatic rings. The van der Waals surface area contributed by atoms with E-state index in [1.807, 2.05) is 24.3 Å². The zero-order chi connectivity index (χ0) is 24.7. The quantitative estimate of drug-likeness (QED) is 0.663. The first-order valence-corrected chi connectivity index (χ1v) is 11.0. The molecule has 2 bridgehead atoms. The zero-order valence-corrected chi connectivity index (χ0v) is 18.9. The molecule has 4 rings (SSSR count). The summed E-state index contributed by atoms with van der Waals surface area (Å²) < 4.78 is 46.1. The number of hydrogen-bond donors (Lipinski definition) is 2. The second kappa shape index (κ2) is 8.94. The number of benzene rings is 1. The van der Waals surface area contributed by atoms with Gasteiger partial charge in [0.05, 0.1) is 25.5 Å². The summed E-state index contributed by atoms with van der Waals surface area (Å²) in [5, 5.41) is 16.9. The van der Waals surface area contributed by atoms with E-state index in [4.69, 9.17) is 4.74 Å². The molecule has 1 aromatic carbocycles. The van der Waals surface area contributed by atoms with E-state index in [1.54, 1.807) is 24.2 Å². The van der Waals surface area contributed by atoms with Gasteiger partial charge in [0.1, 0.15) is 5.75 Å². The van der Waals surface area contributed by atoms with E-state index in [0.29, 0.717) is 32.0 Å². The van der Waals surface area contributed by atoms with E-state index in [9.17, 15) is 27.9 Å². The molecule has 1 aromatic heterocycles. The van der Waals surface area contributed by atoms with E-state index in [0.717, 1.165) is 16.2 Å². The van der Waals surface area contributed by atoms with Crippen LogP contribution in [-0.2, 0) is 16.1 Å². The van der Waals surface area contributed by atoms with Crippen LogP contribution in [0.5, 0.6) is 5.75 Å². The third-order valence-corrected chi connectivity index (χ3v) is 6.80. The van der Waals surface area contributed by atoms with Crippen molar-refractivity contribution in [2.75, 3.05) is 25.5 Å². The molecule has 11 heteroatoms. The van der Waals surface area contributed by atoms with E-state index >= 15 is 0 Å².